The summed E-state index contributed by atoms with van der Waals surface area (Å²) in [6, 6.07) is 0. The van der Waals surface area contributed by atoms with Gasteiger partial charge in [-0.25, -0.2) is 0 Å². The molecule has 0 saturated heterocycles. The van der Waals surface area contributed by atoms with Crippen LogP contribution in [0.15, 0.2) is 0 Å². The van der Waals surface area contributed by atoms with E-state index < -0.39 is 42.3 Å². The monoisotopic (exact) mass is 939 g/mol. The molecule has 0 spiro atoms. The Bertz CT molecular complexity index is 422. The van der Waals surface area contributed by atoms with Crippen molar-refractivity contribution in [1.29, 1.82) is 0 Å². The normalized spacial score (nSPS) is 17.7. The van der Waals surface area contributed by atoms with Crippen LogP contribution in [0.2, 0.25) is 0 Å². The Morgan fingerprint density at radius 1 is 0.179 bits per heavy atom. The van der Waals surface area contributed by atoms with Crippen LogP contribution in [0.25, 0.3) is 0 Å². The smallest absolute Gasteiger partial charge is 4.00 e. The topological polar surface area (TPSA) is 277 Å². The Morgan fingerprint density at radius 3 is 0.179 bits per heavy atom. The first-order valence-electron chi connectivity index (χ1n) is 10.2. The first-order valence-corrected chi connectivity index (χ1v) is 30.7. The second-order valence-corrected chi connectivity index (χ2v) is 45.2. The van der Waals surface area contributed by atoms with Gasteiger partial charge in [0, 0.05) is 0 Å². The van der Waals surface area contributed by atoms with Crippen molar-refractivity contribution in [3.05, 3.63) is 0 Å². The van der Waals surface area contributed by atoms with Crippen LogP contribution in [0.3, 0.4) is 0 Å². The van der Waals surface area contributed by atoms with Gasteiger partial charge in [0.1, 0.15) is 0 Å². The van der Waals surface area contributed by atoms with Crippen LogP contribution >= 0.6 is 42.3 Å². The zero-order chi connectivity index (χ0) is 32.7. The van der Waals surface area contributed by atoms with Crippen molar-refractivity contribution in [3.63, 3.8) is 0 Å². The van der Waals surface area contributed by atoms with E-state index in [1.165, 1.54) is 120 Å². The van der Waals surface area contributed by atoms with Gasteiger partial charge in [0.15, 0.2) is 0 Å². The molecule has 0 aliphatic rings. The van der Waals surface area contributed by atoms with Crippen LogP contribution in [0.5, 0.6) is 0 Å². The van der Waals surface area contributed by atoms with Crippen molar-refractivity contribution in [3.8, 4) is 0 Å². The standard InChI is InChI=1S/6C3H9O2P.3Tc/c6*1-6(2,3,4)5;;;/h6*1-3H3;;;/q6*-2;3*+4. The summed E-state index contributed by atoms with van der Waals surface area (Å²) in [6.45, 7) is 22.1. The molecule has 39 heavy (non-hydrogen) atoms. The summed E-state index contributed by atoms with van der Waals surface area (Å²) in [5.41, 5.74) is 0. The maximum atomic E-state index is 10.3. The summed E-state index contributed by atoms with van der Waals surface area (Å²) in [4.78, 5) is 123. The maximum absolute atomic E-state index is 10.3. The molecule has 0 aromatic carbocycles. The van der Waals surface area contributed by atoms with E-state index in [9.17, 15) is 58.7 Å². The van der Waals surface area contributed by atoms with Crippen molar-refractivity contribution in [2.45, 2.75) is 0 Å². The van der Waals surface area contributed by atoms with E-state index in [0.29, 0.717) is 0 Å². The summed E-state index contributed by atoms with van der Waals surface area (Å²) >= 11 is 0. The summed E-state index contributed by atoms with van der Waals surface area (Å²) in [7, 11) is -21.3. The van der Waals surface area contributed by atoms with Crippen molar-refractivity contribution < 1.29 is 119 Å². The van der Waals surface area contributed by atoms with Gasteiger partial charge in [-0.15, -0.1) is 0 Å². The molecule has 0 unspecified atom stereocenters. The van der Waals surface area contributed by atoms with Crippen molar-refractivity contribution in [1.82, 2.24) is 0 Å². The molecule has 0 aliphatic heterocycles. The van der Waals surface area contributed by atoms with Crippen molar-refractivity contribution >= 4 is 42.3 Å². The molecule has 0 amide bonds. The van der Waals surface area contributed by atoms with Crippen LogP contribution in [0, 0.1) is 0 Å². The van der Waals surface area contributed by atoms with Crippen LogP contribution in [-0.2, 0) is 60.3 Å². The molecule has 0 bridgehead atoms. The van der Waals surface area contributed by atoms with E-state index in [2.05, 4.69) is 0 Å². The molecule has 0 saturated carbocycles. The Hall–Kier alpha value is 4.05. The van der Waals surface area contributed by atoms with Gasteiger partial charge in [0.2, 0.25) is 0 Å². The molecular formula is C18H54O12P6Tc3. The van der Waals surface area contributed by atoms with E-state index in [-0.39, 0.29) is 60.3 Å². The summed E-state index contributed by atoms with van der Waals surface area (Å²) in [5, 5.41) is 0. The van der Waals surface area contributed by atoms with Gasteiger partial charge in [0.05, 0.1) is 0 Å². The van der Waals surface area contributed by atoms with Crippen LogP contribution in [-0.4, -0.2) is 120 Å². The zero-order valence-corrected chi connectivity index (χ0v) is 37.7. The molecule has 249 valence electrons. The fraction of sp³-hybridized carbons (Fsp3) is 1.00. The van der Waals surface area contributed by atoms with Crippen LogP contribution < -0.4 is 58.7 Å². The first-order chi connectivity index (χ1) is 13.4. The minimum Gasteiger partial charge on any atom is 4.00 e. The Morgan fingerprint density at radius 2 is 0.179 bits per heavy atom. The molecule has 12 nitrogen and oxygen atoms in total. The predicted octanol–water partition coefficient (Wildman–Crippen LogP) is -6.13. The van der Waals surface area contributed by atoms with E-state index >= 15 is 0 Å². The van der Waals surface area contributed by atoms with Crippen molar-refractivity contribution in [2.24, 2.45) is 0 Å². The van der Waals surface area contributed by atoms with Gasteiger partial charge in [0.25, 0.3) is 0 Å². The third kappa shape index (κ3) is 4120. The first kappa shape index (κ1) is 65.7. The molecule has 0 N–H and O–H groups in total. The summed E-state index contributed by atoms with van der Waals surface area (Å²) in [6.07, 6.45) is 0. The molecule has 0 rings (SSSR count). The minimum atomic E-state index is -3.55. The van der Waals surface area contributed by atoms with Gasteiger partial charge < -0.3 is 0 Å². The van der Waals surface area contributed by atoms with E-state index in [4.69, 9.17) is 0 Å². The van der Waals surface area contributed by atoms with Gasteiger partial charge in [-0.3, -0.25) is 0 Å². The maximum Gasteiger partial charge on any atom is 4.00 e. The second kappa shape index (κ2) is 17.3. The molecule has 0 aromatic rings. The predicted molar refractivity (Wildman–Crippen MR) is 148 cm³/mol. The van der Waals surface area contributed by atoms with Gasteiger partial charge in [-0.1, -0.05) is 0 Å². The molecule has 0 aliphatic carbocycles. The average Bonchev–Trinajstić information content (AvgIpc) is 1.81. The second-order valence-electron chi connectivity index (χ2n) is 15.1. The average molecular weight is 942 g/mol. The molecule has 21 heteroatoms. The van der Waals surface area contributed by atoms with E-state index in [1.54, 1.807) is 0 Å². The van der Waals surface area contributed by atoms with Crippen LogP contribution in [0.4, 0.5) is 0 Å². The van der Waals surface area contributed by atoms with Gasteiger partial charge >= 0.3 is 281 Å². The van der Waals surface area contributed by atoms with E-state index in [0.717, 1.165) is 0 Å². The fourth-order valence-corrected chi connectivity index (χ4v) is 0. The molecule has 0 fully saturated rings. The van der Waals surface area contributed by atoms with Gasteiger partial charge in [-0.2, -0.15) is 0 Å². The number of hydrogen-bond acceptors (Lipinski definition) is 12. The van der Waals surface area contributed by atoms with Crippen molar-refractivity contribution in [2.75, 3.05) is 120 Å². The largest absolute Gasteiger partial charge is 4.00 e. The quantitative estimate of drug-likeness (QED) is 0.205. The SMILES string of the molecule is CP(C)(C)([O-])[O-].CP(C)(C)([O-])[O-].CP(C)(C)([O-])[O-].CP(C)(C)([O-])[O-].CP(C)(C)([O-])[O-].CP(C)(C)([O-])[O-].[Tc+4].[Tc+4].[Tc+4]. The molecule has 0 heterocycles. The summed E-state index contributed by atoms with van der Waals surface area (Å²) < 4.78 is 0. The summed E-state index contributed by atoms with van der Waals surface area (Å²) in [5.74, 6) is 0. The molecule has 0 atom stereocenters. The van der Waals surface area contributed by atoms with Gasteiger partial charge in [-0.05, 0) is 0 Å². The Labute approximate surface area is 279 Å². The number of hydrogen-bond donors (Lipinski definition) is 0. The molecular weight excluding hydrogens is 888 g/mol. The minimum absolute atomic E-state index is 0. The third-order valence-electron chi connectivity index (χ3n) is 0. The van der Waals surface area contributed by atoms with Crippen LogP contribution in [0.1, 0.15) is 0 Å². The molecule has 0 aromatic heterocycles. The molecule has 3 radical (unpaired) electrons. The fourth-order valence-electron chi connectivity index (χ4n) is 0. The van der Waals surface area contributed by atoms with E-state index in [1.807, 2.05) is 0 Å². The zero-order valence-electron chi connectivity index (χ0n) is 26.7. The Kier molecular flexibility index (Phi) is 29.1. The number of rotatable bonds is 0. The third-order valence-corrected chi connectivity index (χ3v) is 0. The Balaban J connectivity index is -0.0000000390.